The molecule has 0 saturated carbocycles. The maximum atomic E-state index is 11.0. The van der Waals surface area contributed by atoms with Crippen molar-refractivity contribution >= 4 is 5.97 Å². The molecule has 0 radical (unpaired) electrons. The zero-order valence-electron chi connectivity index (χ0n) is 7.04. The lowest BCUT2D eigenvalue weighted by Gasteiger charge is -2.04. The zero-order chi connectivity index (χ0) is 8.69. The van der Waals surface area contributed by atoms with E-state index in [1.807, 2.05) is 13.0 Å². The molecule has 0 aliphatic rings. The minimum absolute atomic E-state index is 0.153. The minimum Gasteiger partial charge on any atom is -0.461 e. The van der Waals surface area contributed by atoms with Gasteiger partial charge < -0.3 is 4.74 Å². The van der Waals surface area contributed by atoms with Crippen LogP contribution in [0.4, 0.5) is 0 Å². The van der Waals surface area contributed by atoms with Crippen LogP contribution in [0.2, 0.25) is 0 Å². The lowest BCUT2D eigenvalue weighted by Crippen LogP contribution is -2.12. The van der Waals surface area contributed by atoms with Crippen molar-refractivity contribution in [3.05, 3.63) is 24.8 Å². The summed E-state index contributed by atoms with van der Waals surface area (Å²) in [5.41, 5.74) is 0. The van der Waals surface area contributed by atoms with Crippen LogP contribution in [-0.2, 0) is 9.53 Å². The van der Waals surface area contributed by atoms with Gasteiger partial charge in [0.15, 0.2) is 0 Å². The van der Waals surface area contributed by atoms with Gasteiger partial charge in [-0.2, -0.15) is 0 Å². The normalized spacial score (nSPS) is 12.9. The number of hydrogen-bond acceptors (Lipinski definition) is 2. The van der Waals surface area contributed by atoms with Crippen LogP contribution in [0.5, 0.6) is 0 Å². The van der Waals surface area contributed by atoms with Crippen LogP contribution in [0, 0.1) is 5.92 Å². The van der Waals surface area contributed by atoms with Gasteiger partial charge in [0.25, 0.3) is 0 Å². The van der Waals surface area contributed by atoms with Crippen LogP contribution in [-0.4, -0.2) is 12.6 Å². The minimum atomic E-state index is -0.206. The number of carbonyl (C=O) groups is 1. The lowest BCUT2D eigenvalue weighted by atomic mass is 10.2. The second-order valence-electron chi connectivity index (χ2n) is 2.23. The van der Waals surface area contributed by atoms with Crippen molar-refractivity contribution < 1.29 is 9.53 Å². The molecule has 0 rings (SSSR count). The quantitative estimate of drug-likeness (QED) is 0.457. The van der Waals surface area contributed by atoms with Crippen LogP contribution < -0.4 is 0 Å². The monoisotopic (exact) mass is 154 g/mol. The van der Waals surface area contributed by atoms with Crippen molar-refractivity contribution in [3.63, 3.8) is 0 Å². The number of allylic oxidation sites excluding steroid dienone is 1. The first kappa shape index (κ1) is 9.95. The Morgan fingerprint density at radius 2 is 2.36 bits per heavy atom. The van der Waals surface area contributed by atoms with Crippen molar-refractivity contribution in [2.45, 2.75) is 13.8 Å². The van der Waals surface area contributed by atoms with Gasteiger partial charge in [-0.05, 0) is 13.8 Å². The summed E-state index contributed by atoms with van der Waals surface area (Å²) in [5.74, 6) is -0.358. The molecule has 0 aromatic carbocycles. The summed E-state index contributed by atoms with van der Waals surface area (Å²) in [5, 5.41) is 0. The Morgan fingerprint density at radius 1 is 1.73 bits per heavy atom. The molecule has 0 spiro atoms. The van der Waals surface area contributed by atoms with Gasteiger partial charge in [0.2, 0.25) is 0 Å². The number of hydrogen-bond donors (Lipinski definition) is 0. The van der Waals surface area contributed by atoms with Crippen LogP contribution in [0.25, 0.3) is 0 Å². The van der Waals surface area contributed by atoms with E-state index in [4.69, 9.17) is 4.74 Å². The predicted octanol–water partition coefficient (Wildman–Crippen LogP) is 1.93. The maximum Gasteiger partial charge on any atom is 0.312 e. The molecule has 0 fully saturated rings. The van der Waals surface area contributed by atoms with E-state index in [1.165, 1.54) is 0 Å². The summed E-state index contributed by atoms with van der Waals surface area (Å²) >= 11 is 0. The highest BCUT2D eigenvalue weighted by Crippen LogP contribution is 1.99. The highest BCUT2D eigenvalue weighted by Gasteiger charge is 2.08. The van der Waals surface area contributed by atoms with E-state index in [0.29, 0.717) is 6.61 Å². The van der Waals surface area contributed by atoms with Crippen molar-refractivity contribution in [2.24, 2.45) is 5.92 Å². The average molecular weight is 154 g/mol. The van der Waals surface area contributed by atoms with Gasteiger partial charge in [0.1, 0.15) is 6.61 Å². The van der Waals surface area contributed by atoms with Gasteiger partial charge in [-0.25, -0.2) is 0 Å². The van der Waals surface area contributed by atoms with Gasteiger partial charge in [-0.15, -0.1) is 0 Å². The molecule has 0 aliphatic heterocycles. The number of rotatable bonds is 4. The van der Waals surface area contributed by atoms with Gasteiger partial charge in [0.05, 0.1) is 5.92 Å². The zero-order valence-corrected chi connectivity index (χ0v) is 7.04. The largest absolute Gasteiger partial charge is 0.461 e. The summed E-state index contributed by atoms with van der Waals surface area (Å²) in [6.45, 7) is 7.40. The van der Waals surface area contributed by atoms with Gasteiger partial charge in [-0.3, -0.25) is 4.79 Å². The molecule has 0 unspecified atom stereocenters. The Hall–Kier alpha value is -1.05. The van der Waals surface area contributed by atoms with E-state index in [0.717, 1.165) is 0 Å². The van der Waals surface area contributed by atoms with Crippen LogP contribution in [0.3, 0.4) is 0 Å². The fourth-order valence-electron chi connectivity index (χ4n) is 0.640. The van der Waals surface area contributed by atoms with Crippen molar-refractivity contribution in [1.29, 1.82) is 0 Å². The van der Waals surface area contributed by atoms with E-state index < -0.39 is 0 Å². The highest BCUT2D eigenvalue weighted by atomic mass is 16.5. The first-order valence-corrected chi connectivity index (χ1v) is 3.62. The molecule has 1 atom stereocenters. The molecule has 0 amide bonds. The third-order valence-electron chi connectivity index (χ3n) is 1.20. The van der Waals surface area contributed by atoms with Crippen LogP contribution in [0.15, 0.2) is 24.8 Å². The van der Waals surface area contributed by atoms with Crippen molar-refractivity contribution in [3.8, 4) is 0 Å². The van der Waals surface area contributed by atoms with Crippen LogP contribution in [0.1, 0.15) is 13.8 Å². The SMILES string of the molecule is C=CCOC(=O)[C@@H](C)C=CC. The Bertz CT molecular complexity index is 159. The van der Waals surface area contributed by atoms with Crippen LogP contribution >= 0.6 is 0 Å². The molecule has 62 valence electrons. The fourth-order valence-corrected chi connectivity index (χ4v) is 0.640. The molecule has 0 heterocycles. The summed E-state index contributed by atoms with van der Waals surface area (Å²) in [6, 6.07) is 0. The average Bonchev–Trinajstić information content (AvgIpc) is 2.00. The van der Waals surface area contributed by atoms with Gasteiger partial charge in [0, 0.05) is 0 Å². The van der Waals surface area contributed by atoms with E-state index in [1.54, 1.807) is 19.1 Å². The molecule has 11 heavy (non-hydrogen) atoms. The molecule has 2 heteroatoms. The van der Waals surface area contributed by atoms with Gasteiger partial charge >= 0.3 is 5.97 Å². The Kier molecular flexibility index (Phi) is 5.17. The standard InChI is InChI=1S/C9H14O2/c1-4-6-8(3)9(10)11-7-5-2/h4-6,8H,2,7H2,1,3H3/t8-/m0/s1. The van der Waals surface area contributed by atoms with Crippen molar-refractivity contribution in [1.82, 2.24) is 0 Å². The Balaban J connectivity index is 3.72. The Morgan fingerprint density at radius 3 is 2.82 bits per heavy atom. The molecule has 0 saturated heterocycles. The summed E-state index contributed by atoms with van der Waals surface area (Å²) in [4.78, 5) is 11.0. The number of carbonyl (C=O) groups excluding carboxylic acids is 1. The molecule has 0 bridgehead atoms. The highest BCUT2D eigenvalue weighted by molar-refractivity contribution is 5.73. The maximum absolute atomic E-state index is 11.0. The first-order valence-electron chi connectivity index (χ1n) is 3.62. The number of esters is 1. The Labute approximate surface area is 67.6 Å². The fraction of sp³-hybridized carbons (Fsp3) is 0.444. The molecule has 0 N–H and O–H groups in total. The third-order valence-corrected chi connectivity index (χ3v) is 1.20. The summed E-state index contributed by atoms with van der Waals surface area (Å²) in [7, 11) is 0. The summed E-state index contributed by atoms with van der Waals surface area (Å²) < 4.78 is 4.80. The number of ether oxygens (including phenoxy) is 1. The predicted molar refractivity (Wildman–Crippen MR) is 45.1 cm³/mol. The molecular formula is C9H14O2. The molecule has 0 aromatic heterocycles. The second kappa shape index (κ2) is 5.71. The topological polar surface area (TPSA) is 26.3 Å². The third kappa shape index (κ3) is 4.37. The first-order chi connectivity index (χ1) is 5.22. The smallest absolute Gasteiger partial charge is 0.312 e. The van der Waals surface area contributed by atoms with Gasteiger partial charge in [-0.1, -0.05) is 24.8 Å². The second-order valence-corrected chi connectivity index (χ2v) is 2.23. The lowest BCUT2D eigenvalue weighted by molar-refractivity contribution is -0.144. The molecule has 2 nitrogen and oxygen atoms in total. The van der Waals surface area contributed by atoms with E-state index in [2.05, 4.69) is 6.58 Å². The summed E-state index contributed by atoms with van der Waals surface area (Å²) in [6.07, 6.45) is 5.19. The molecular weight excluding hydrogens is 140 g/mol. The van der Waals surface area contributed by atoms with E-state index in [-0.39, 0.29) is 11.9 Å². The van der Waals surface area contributed by atoms with E-state index >= 15 is 0 Å². The van der Waals surface area contributed by atoms with Crippen molar-refractivity contribution in [2.75, 3.05) is 6.61 Å². The van der Waals surface area contributed by atoms with E-state index in [9.17, 15) is 4.79 Å². The molecule has 0 aromatic rings. The molecule has 0 aliphatic carbocycles.